The van der Waals surface area contributed by atoms with Crippen LogP contribution < -0.4 is 16.4 Å². The highest BCUT2D eigenvalue weighted by Gasteiger charge is 2.28. The average Bonchev–Trinajstić information content (AvgIpc) is 2.14. The Morgan fingerprint density at radius 3 is 2.19 bits per heavy atom. The molecule has 5 nitrogen and oxygen atoms in total. The van der Waals surface area contributed by atoms with Gasteiger partial charge in [-0.2, -0.15) is 0 Å². The zero-order valence-corrected chi connectivity index (χ0v) is 11.1. The minimum Gasteiger partial charge on any atom is -0.348 e. The monoisotopic (exact) mass is 251 g/mol. The first-order chi connectivity index (χ1) is 6.81. The molecule has 0 fully saturated rings. The lowest BCUT2D eigenvalue weighted by Gasteiger charge is -2.33. The molecule has 16 heavy (non-hydrogen) atoms. The van der Waals surface area contributed by atoms with Gasteiger partial charge in [-0.15, -0.1) is 12.4 Å². The van der Waals surface area contributed by atoms with E-state index < -0.39 is 5.54 Å². The Labute approximate surface area is 103 Å². The van der Waals surface area contributed by atoms with Crippen LogP contribution in [0, 0.1) is 5.92 Å². The summed E-state index contributed by atoms with van der Waals surface area (Å²) in [5, 5.41) is 5.26. The molecule has 0 aliphatic rings. The van der Waals surface area contributed by atoms with E-state index >= 15 is 0 Å². The second-order valence-electron chi connectivity index (χ2n) is 4.23. The summed E-state index contributed by atoms with van der Waals surface area (Å²) in [6, 6.07) is 0. The van der Waals surface area contributed by atoms with Gasteiger partial charge in [0.25, 0.3) is 0 Å². The van der Waals surface area contributed by atoms with Crippen molar-refractivity contribution in [3.8, 4) is 0 Å². The number of hydrogen-bond donors (Lipinski definition) is 3. The Balaban J connectivity index is 0. The number of nitrogens with two attached hydrogens (primary N) is 1. The van der Waals surface area contributed by atoms with Crippen LogP contribution in [0.25, 0.3) is 0 Å². The van der Waals surface area contributed by atoms with Gasteiger partial charge in [-0.3, -0.25) is 9.59 Å². The topological polar surface area (TPSA) is 84.2 Å². The van der Waals surface area contributed by atoms with Crippen LogP contribution in [0.4, 0.5) is 0 Å². The zero-order chi connectivity index (χ0) is 12.1. The van der Waals surface area contributed by atoms with E-state index in [0.717, 1.165) is 0 Å². The maximum Gasteiger partial charge on any atom is 0.239 e. The first-order valence-corrected chi connectivity index (χ1v) is 5.07. The molecule has 0 spiro atoms. The fourth-order valence-corrected chi connectivity index (χ4v) is 0.999. The van der Waals surface area contributed by atoms with Gasteiger partial charge in [0.15, 0.2) is 0 Å². The number of carbonyl (C=O) groups is 2. The Morgan fingerprint density at radius 2 is 1.88 bits per heavy atom. The molecular formula is C10H22ClN3O2. The van der Waals surface area contributed by atoms with Gasteiger partial charge < -0.3 is 16.4 Å². The zero-order valence-electron chi connectivity index (χ0n) is 10.3. The quantitative estimate of drug-likeness (QED) is 0.645. The summed E-state index contributed by atoms with van der Waals surface area (Å²) in [5.74, 6) is -0.195. The molecule has 0 heterocycles. The Bertz CT molecular complexity index is 246. The van der Waals surface area contributed by atoms with Crippen LogP contribution in [0.1, 0.15) is 27.7 Å². The molecule has 1 atom stereocenters. The van der Waals surface area contributed by atoms with Crippen LogP contribution >= 0.6 is 12.4 Å². The standard InChI is InChI=1S/C10H21N3O2.ClH/c1-7(2)10(4,6-11)13-9(15)5-12-8(3)14;/h7H,5-6,11H2,1-4H3,(H,12,14)(H,13,15);1H. The van der Waals surface area contributed by atoms with Gasteiger partial charge in [0.1, 0.15) is 0 Å². The summed E-state index contributed by atoms with van der Waals surface area (Å²) in [5.41, 5.74) is 5.19. The third-order valence-corrected chi connectivity index (χ3v) is 2.62. The largest absolute Gasteiger partial charge is 0.348 e. The lowest BCUT2D eigenvalue weighted by Crippen LogP contribution is -2.56. The molecule has 2 amide bonds. The first-order valence-electron chi connectivity index (χ1n) is 5.07. The Hall–Kier alpha value is -0.810. The van der Waals surface area contributed by atoms with E-state index in [0.29, 0.717) is 6.54 Å². The van der Waals surface area contributed by atoms with Crippen molar-refractivity contribution in [2.45, 2.75) is 33.2 Å². The van der Waals surface area contributed by atoms with Crippen LogP contribution in [0.15, 0.2) is 0 Å². The molecule has 96 valence electrons. The molecule has 0 aromatic rings. The Kier molecular flexibility index (Phi) is 8.20. The number of hydrogen-bond acceptors (Lipinski definition) is 3. The molecule has 6 heteroatoms. The van der Waals surface area contributed by atoms with E-state index in [-0.39, 0.29) is 36.7 Å². The average molecular weight is 252 g/mol. The van der Waals surface area contributed by atoms with Crippen LogP contribution in [-0.4, -0.2) is 30.4 Å². The number of carbonyl (C=O) groups excluding carboxylic acids is 2. The van der Waals surface area contributed by atoms with Crippen molar-refractivity contribution in [2.75, 3.05) is 13.1 Å². The van der Waals surface area contributed by atoms with E-state index in [2.05, 4.69) is 10.6 Å². The normalized spacial score (nSPS) is 13.6. The fourth-order valence-electron chi connectivity index (χ4n) is 0.999. The van der Waals surface area contributed by atoms with Gasteiger partial charge >= 0.3 is 0 Å². The molecule has 1 unspecified atom stereocenters. The third kappa shape index (κ3) is 5.92. The molecule has 0 bridgehead atoms. The van der Waals surface area contributed by atoms with Gasteiger partial charge in [0.2, 0.25) is 11.8 Å². The third-order valence-electron chi connectivity index (χ3n) is 2.62. The fraction of sp³-hybridized carbons (Fsp3) is 0.800. The van der Waals surface area contributed by atoms with E-state index in [9.17, 15) is 9.59 Å². The lowest BCUT2D eigenvalue weighted by atomic mass is 9.88. The first kappa shape index (κ1) is 17.6. The van der Waals surface area contributed by atoms with Crippen molar-refractivity contribution >= 4 is 24.2 Å². The van der Waals surface area contributed by atoms with Crippen molar-refractivity contribution in [3.63, 3.8) is 0 Å². The van der Waals surface area contributed by atoms with Crippen LogP contribution in [0.3, 0.4) is 0 Å². The molecule has 0 radical (unpaired) electrons. The summed E-state index contributed by atoms with van der Waals surface area (Å²) in [7, 11) is 0. The number of rotatable bonds is 5. The van der Waals surface area contributed by atoms with E-state index in [1.54, 1.807) is 0 Å². The molecule has 0 aromatic carbocycles. The molecule has 0 aliphatic carbocycles. The van der Waals surface area contributed by atoms with Gasteiger partial charge in [-0.05, 0) is 12.8 Å². The highest BCUT2D eigenvalue weighted by Crippen LogP contribution is 2.14. The maximum absolute atomic E-state index is 11.4. The molecule has 0 aliphatic heterocycles. The van der Waals surface area contributed by atoms with Crippen molar-refractivity contribution in [2.24, 2.45) is 11.7 Å². The van der Waals surface area contributed by atoms with Gasteiger partial charge in [0, 0.05) is 13.5 Å². The molecule has 4 N–H and O–H groups in total. The maximum atomic E-state index is 11.4. The SMILES string of the molecule is CC(=O)NCC(=O)NC(C)(CN)C(C)C.Cl. The van der Waals surface area contributed by atoms with Gasteiger partial charge in [-0.1, -0.05) is 13.8 Å². The number of amides is 2. The minimum absolute atomic E-state index is 0. The predicted octanol–water partition coefficient (Wildman–Crippen LogP) is 0.0339. The van der Waals surface area contributed by atoms with Crippen LogP contribution in [-0.2, 0) is 9.59 Å². The van der Waals surface area contributed by atoms with Gasteiger partial charge in [0.05, 0.1) is 12.1 Å². The molecular weight excluding hydrogens is 230 g/mol. The summed E-state index contributed by atoms with van der Waals surface area (Å²) >= 11 is 0. The predicted molar refractivity (Wildman–Crippen MR) is 66.4 cm³/mol. The molecule has 0 aromatic heterocycles. The summed E-state index contributed by atoms with van der Waals surface area (Å²) < 4.78 is 0. The summed E-state index contributed by atoms with van der Waals surface area (Å²) in [6.45, 7) is 7.62. The highest BCUT2D eigenvalue weighted by molar-refractivity contribution is 5.85. The van der Waals surface area contributed by atoms with E-state index in [1.165, 1.54) is 6.92 Å². The van der Waals surface area contributed by atoms with E-state index in [1.807, 2.05) is 20.8 Å². The molecule has 0 rings (SSSR count). The van der Waals surface area contributed by atoms with Crippen molar-refractivity contribution in [3.05, 3.63) is 0 Å². The smallest absolute Gasteiger partial charge is 0.239 e. The molecule has 0 saturated heterocycles. The van der Waals surface area contributed by atoms with Crippen LogP contribution in [0.5, 0.6) is 0 Å². The second-order valence-corrected chi connectivity index (χ2v) is 4.23. The number of halogens is 1. The van der Waals surface area contributed by atoms with Crippen LogP contribution in [0.2, 0.25) is 0 Å². The second kappa shape index (κ2) is 7.46. The van der Waals surface area contributed by atoms with E-state index in [4.69, 9.17) is 5.73 Å². The lowest BCUT2D eigenvalue weighted by molar-refractivity contribution is -0.126. The van der Waals surface area contributed by atoms with Crippen molar-refractivity contribution < 1.29 is 9.59 Å². The number of nitrogens with one attached hydrogen (secondary N) is 2. The minimum atomic E-state index is -0.421. The summed E-state index contributed by atoms with van der Waals surface area (Å²) in [4.78, 5) is 22.0. The Morgan fingerprint density at radius 1 is 1.38 bits per heavy atom. The summed E-state index contributed by atoms with van der Waals surface area (Å²) in [6.07, 6.45) is 0. The van der Waals surface area contributed by atoms with Crippen molar-refractivity contribution in [1.82, 2.24) is 10.6 Å². The molecule has 0 saturated carbocycles. The highest BCUT2D eigenvalue weighted by atomic mass is 35.5. The van der Waals surface area contributed by atoms with Gasteiger partial charge in [-0.25, -0.2) is 0 Å². The van der Waals surface area contributed by atoms with Crippen molar-refractivity contribution in [1.29, 1.82) is 0 Å².